The normalized spacial score (nSPS) is 16.8. The van der Waals surface area contributed by atoms with Crippen LogP contribution in [0.3, 0.4) is 0 Å². The zero-order chi connectivity index (χ0) is 11.2. The molecule has 0 unspecified atom stereocenters. The number of nitrogens with one attached hydrogen (secondary N) is 1. The Morgan fingerprint density at radius 2 is 2.38 bits per heavy atom. The maximum absolute atomic E-state index is 4.78. The Morgan fingerprint density at radius 3 is 3.00 bits per heavy atom. The van der Waals surface area contributed by atoms with E-state index in [1.165, 1.54) is 12.8 Å². The summed E-state index contributed by atoms with van der Waals surface area (Å²) < 4.78 is 4.78. The van der Waals surface area contributed by atoms with Gasteiger partial charge < -0.3 is 14.7 Å². The summed E-state index contributed by atoms with van der Waals surface area (Å²) in [5, 5.41) is 7.15. The minimum absolute atomic E-state index is 0.579. The van der Waals surface area contributed by atoms with E-state index in [0.29, 0.717) is 6.54 Å². The molecular weight excluding hydrogens is 204 g/mol. The van der Waals surface area contributed by atoms with Crippen LogP contribution in [0.2, 0.25) is 0 Å². The highest BCUT2D eigenvalue weighted by Crippen LogP contribution is 2.08. The molecule has 2 heterocycles. The first-order chi connectivity index (χ1) is 7.90. The highest BCUT2D eigenvalue weighted by molar-refractivity contribution is 5.80. The molecule has 1 aliphatic rings. The molecule has 0 atom stereocenters. The van der Waals surface area contributed by atoms with E-state index in [4.69, 9.17) is 4.52 Å². The lowest BCUT2D eigenvalue weighted by Crippen LogP contribution is -2.39. The van der Waals surface area contributed by atoms with Gasteiger partial charge in [-0.25, -0.2) is 4.99 Å². The Balaban J connectivity index is 1.97. The van der Waals surface area contributed by atoms with Gasteiger partial charge >= 0.3 is 0 Å². The van der Waals surface area contributed by atoms with E-state index in [1.54, 1.807) is 6.26 Å². The number of hydrogen-bond donors (Lipinski definition) is 1. The second-order valence-corrected chi connectivity index (χ2v) is 3.86. The molecule has 0 spiro atoms. The van der Waals surface area contributed by atoms with Crippen LogP contribution in [-0.2, 0) is 6.54 Å². The summed E-state index contributed by atoms with van der Waals surface area (Å²) in [5.41, 5.74) is 0.870. The second kappa shape index (κ2) is 5.53. The number of nitrogens with zero attached hydrogens (tertiary/aromatic N) is 3. The topological polar surface area (TPSA) is 53.7 Å². The molecule has 0 aromatic carbocycles. The third-order valence-electron chi connectivity index (χ3n) is 2.62. The lowest BCUT2D eigenvalue weighted by Gasteiger charge is -2.20. The van der Waals surface area contributed by atoms with E-state index in [9.17, 15) is 0 Å². The predicted octanol–water partition coefficient (Wildman–Crippen LogP) is 1.24. The number of hydrogen-bond acceptors (Lipinski definition) is 3. The Hall–Kier alpha value is -1.52. The minimum atomic E-state index is 0.579. The van der Waals surface area contributed by atoms with Crippen molar-refractivity contribution >= 4 is 5.96 Å². The molecule has 1 saturated heterocycles. The maximum atomic E-state index is 4.78. The van der Waals surface area contributed by atoms with Gasteiger partial charge in [0.2, 0.25) is 0 Å². The molecule has 1 N–H and O–H groups in total. The van der Waals surface area contributed by atoms with Crippen molar-refractivity contribution in [2.45, 2.75) is 26.3 Å². The number of guanidine groups is 1. The Labute approximate surface area is 95.5 Å². The lowest BCUT2D eigenvalue weighted by molar-refractivity contribution is 0.411. The maximum Gasteiger partial charge on any atom is 0.194 e. The van der Waals surface area contributed by atoms with Crippen LogP contribution >= 0.6 is 0 Å². The van der Waals surface area contributed by atoms with Gasteiger partial charge in [-0.3, -0.25) is 0 Å². The minimum Gasteiger partial charge on any atom is -0.364 e. The van der Waals surface area contributed by atoms with Gasteiger partial charge in [0.1, 0.15) is 12.0 Å². The lowest BCUT2D eigenvalue weighted by atomic mass is 10.4. The van der Waals surface area contributed by atoms with Crippen LogP contribution in [0.1, 0.15) is 25.5 Å². The molecule has 1 aromatic rings. The zero-order valence-corrected chi connectivity index (χ0v) is 9.65. The third-order valence-corrected chi connectivity index (χ3v) is 2.62. The summed E-state index contributed by atoms with van der Waals surface area (Å²) in [6.45, 7) is 5.76. The van der Waals surface area contributed by atoms with E-state index >= 15 is 0 Å². The average Bonchev–Trinajstić information content (AvgIpc) is 2.96. The van der Waals surface area contributed by atoms with Crippen molar-refractivity contribution in [2.24, 2.45) is 4.99 Å². The predicted molar refractivity (Wildman–Crippen MR) is 62.1 cm³/mol. The second-order valence-electron chi connectivity index (χ2n) is 3.86. The standard InChI is InChI=1S/C11H18N4O/c1-2-12-11(15-6-3-4-7-15)13-9-10-5-8-16-14-10/h5,8H,2-4,6-7,9H2,1H3,(H,12,13). The van der Waals surface area contributed by atoms with Gasteiger partial charge in [0, 0.05) is 25.7 Å². The van der Waals surface area contributed by atoms with Crippen molar-refractivity contribution in [3.8, 4) is 0 Å². The van der Waals surface area contributed by atoms with Gasteiger partial charge in [-0.2, -0.15) is 0 Å². The van der Waals surface area contributed by atoms with Crippen molar-refractivity contribution in [3.63, 3.8) is 0 Å². The van der Waals surface area contributed by atoms with Gasteiger partial charge in [0.05, 0.1) is 6.54 Å². The van der Waals surface area contributed by atoms with Crippen LogP contribution in [0.5, 0.6) is 0 Å². The Kier molecular flexibility index (Phi) is 3.80. The van der Waals surface area contributed by atoms with E-state index < -0.39 is 0 Å². The number of aliphatic imine (C=N–C) groups is 1. The van der Waals surface area contributed by atoms with Crippen molar-refractivity contribution in [3.05, 3.63) is 18.0 Å². The van der Waals surface area contributed by atoms with Gasteiger partial charge in [0.15, 0.2) is 5.96 Å². The van der Waals surface area contributed by atoms with E-state index in [1.807, 2.05) is 6.07 Å². The average molecular weight is 222 g/mol. The van der Waals surface area contributed by atoms with Gasteiger partial charge in [0.25, 0.3) is 0 Å². The van der Waals surface area contributed by atoms with Crippen molar-refractivity contribution in [2.75, 3.05) is 19.6 Å². The van der Waals surface area contributed by atoms with Crippen LogP contribution in [0, 0.1) is 0 Å². The summed E-state index contributed by atoms with van der Waals surface area (Å²) in [6, 6.07) is 1.84. The van der Waals surface area contributed by atoms with E-state index in [2.05, 4.69) is 27.3 Å². The molecule has 0 aliphatic carbocycles. The first kappa shape index (κ1) is 11.0. The monoisotopic (exact) mass is 222 g/mol. The highest BCUT2D eigenvalue weighted by atomic mass is 16.5. The van der Waals surface area contributed by atoms with Crippen molar-refractivity contribution in [1.29, 1.82) is 0 Å². The quantitative estimate of drug-likeness (QED) is 0.617. The van der Waals surface area contributed by atoms with Gasteiger partial charge in [-0.1, -0.05) is 5.16 Å². The number of rotatable bonds is 3. The van der Waals surface area contributed by atoms with Gasteiger partial charge in [-0.05, 0) is 19.8 Å². The van der Waals surface area contributed by atoms with E-state index in [-0.39, 0.29) is 0 Å². The molecule has 1 aromatic heterocycles. The molecule has 16 heavy (non-hydrogen) atoms. The fraction of sp³-hybridized carbons (Fsp3) is 0.636. The molecule has 1 aliphatic heterocycles. The number of aromatic nitrogens is 1. The summed E-state index contributed by atoms with van der Waals surface area (Å²) >= 11 is 0. The molecule has 0 bridgehead atoms. The molecule has 88 valence electrons. The van der Waals surface area contributed by atoms with Crippen molar-refractivity contribution in [1.82, 2.24) is 15.4 Å². The molecule has 1 fully saturated rings. The summed E-state index contributed by atoms with van der Waals surface area (Å²) in [6.07, 6.45) is 4.09. The van der Waals surface area contributed by atoms with Crippen molar-refractivity contribution < 1.29 is 4.52 Å². The molecule has 5 nitrogen and oxygen atoms in total. The Morgan fingerprint density at radius 1 is 1.56 bits per heavy atom. The van der Waals surface area contributed by atoms with Crippen LogP contribution in [-0.4, -0.2) is 35.7 Å². The van der Waals surface area contributed by atoms with Crippen LogP contribution in [0.4, 0.5) is 0 Å². The van der Waals surface area contributed by atoms with Crippen LogP contribution < -0.4 is 5.32 Å². The first-order valence-electron chi connectivity index (χ1n) is 5.82. The largest absolute Gasteiger partial charge is 0.364 e. The molecule has 5 heteroatoms. The number of likely N-dealkylation sites (tertiary alicyclic amines) is 1. The molecule has 0 amide bonds. The summed E-state index contributed by atoms with van der Waals surface area (Å²) in [7, 11) is 0. The summed E-state index contributed by atoms with van der Waals surface area (Å²) in [5.74, 6) is 0.989. The Bertz CT molecular complexity index is 328. The van der Waals surface area contributed by atoms with Crippen LogP contribution in [0.25, 0.3) is 0 Å². The van der Waals surface area contributed by atoms with E-state index in [0.717, 1.165) is 31.3 Å². The van der Waals surface area contributed by atoms with Crippen LogP contribution in [0.15, 0.2) is 21.8 Å². The highest BCUT2D eigenvalue weighted by Gasteiger charge is 2.15. The molecular formula is C11H18N4O. The fourth-order valence-electron chi connectivity index (χ4n) is 1.83. The fourth-order valence-corrected chi connectivity index (χ4v) is 1.83. The smallest absolute Gasteiger partial charge is 0.194 e. The third kappa shape index (κ3) is 2.74. The first-order valence-corrected chi connectivity index (χ1v) is 5.82. The SMILES string of the molecule is CCNC(=NCc1ccon1)N1CCCC1. The van der Waals surface area contributed by atoms with Gasteiger partial charge in [-0.15, -0.1) is 0 Å². The molecule has 0 saturated carbocycles. The zero-order valence-electron chi connectivity index (χ0n) is 9.65. The summed E-state index contributed by atoms with van der Waals surface area (Å²) in [4.78, 5) is 6.84. The molecule has 0 radical (unpaired) electrons. The molecule has 2 rings (SSSR count).